The molecule has 0 amide bonds. The normalized spacial score (nSPS) is 12.4. The van der Waals surface area contributed by atoms with Crippen molar-refractivity contribution >= 4 is 0 Å². The van der Waals surface area contributed by atoms with Crippen molar-refractivity contribution in [2.45, 2.75) is 46.1 Å². The zero-order valence-corrected chi connectivity index (χ0v) is 12.6. The quantitative estimate of drug-likeness (QED) is 0.906. The van der Waals surface area contributed by atoms with Gasteiger partial charge in [-0.2, -0.15) is 0 Å². The molecule has 20 heavy (non-hydrogen) atoms. The van der Waals surface area contributed by atoms with Crippen LogP contribution in [-0.4, -0.2) is 16.0 Å². The van der Waals surface area contributed by atoms with Gasteiger partial charge in [0.05, 0.1) is 5.69 Å². The van der Waals surface area contributed by atoms with Crippen LogP contribution in [0.1, 0.15) is 37.4 Å². The van der Waals surface area contributed by atoms with Gasteiger partial charge in [-0.05, 0) is 38.3 Å². The number of hydrogen-bond acceptors (Lipinski definition) is 3. The predicted octanol–water partition coefficient (Wildman–Crippen LogP) is 3.29. The molecule has 3 nitrogen and oxygen atoms in total. The van der Waals surface area contributed by atoms with Gasteiger partial charge in [0, 0.05) is 23.7 Å². The lowest BCUT2D eigenvalue weighted by atomic mass is 10.1. The molecular formula is C17H23N3. The van der Waals surface area contributed by atoms with Crippen molar-refractivity contribution in [3.63, 3.8) is 0 Å². The first kappa shape index (κ1) is 14.7. The van der Waals surface area contributed by atoms with Gasteiger partial charge in [-0.3, -0.25) is 0 Å². The van der Waals surface area contributed by atoms with Crippen LogP contribution >= 0.6 is 0 Å². The molecule has 1 atom stereocenters. The Balaban J connectivity index is 2.26. The minimum atomic E-state index is 0.186. The zero-order chi connectivity index (χ0) is 14.5. The van der Waals surface area contributed by atoms with E-state index in [2.05, 4.69) is 41.2 Å². The van der Waals surface area contributed by atoms with Crippen LogP contribution < -0.4 is 5.73 Å². The summed E-state index contributed by atoms with van der Waals surface area (Å²) in [5.74, 6) is 0.886. The maximum Gasteiger partial charge on any atom is 0.129 e. The van der Waals surface area contributed by atoms with E-state index < -0.39 is 0 Å². The lowest BCUT2D eigenvalue weighted by molar-refractivity contribution is 0.647. The second-order valence-electron chi connectivity index (χ2n) is 5.38. The standard InChI is InChI=1S/C17H23N3/c1-4-14-6-8-15(9-7-14)16-11-13(3)19-17(20-16)10-5-12(2)18/h6-9,11-12H,4-5,10,18H2,1-3H3. The molecule has 0 saturated heterocycles. The second kappa shape index (κ2) is 6.62. The molecule has 2 N–H and O–H groups in total. The van der Waals surface area contributed by atoms with Crippen molar-refractivity contribution < 1.29 is 0 Å². The fraction of sp³-hybridized carbons (Fsp3) is 0.412. The summed E-state index contributed by atoms with van der Waals surface area (Å²) in [4.78, 5) is 9.16. The summed E-state index contributed by atoms with van der Waals surface area (Å²) in [7, 11) is 0. The van der Waals surface area contributed by atoms with Gasteiger partial charge in [-0.1, -0.05) is 31.2 Å². The molecular weight excluding hydrogens is 246 g/mol. The van der Waals surface area contributed by atoms with Gasteiger partial charge in [-0.25, -0.2) is 9.97 Å². The van der Waals surface area contributed by atoms with Crippen LogP contribution in [0.25, 0.3) is 11.3 Å². The number of benzene rings is 1. The average molecular weight is 269 g/mol. The number of aryl methyl sites for hydroxylation is 3. The molecule has 2 rings (SSSR count). The molecule has 0 fully saturated rings. The third-order valence-corrected chi connectivity index (χ3v) is 3.38. The number of nitrogens with two attached hydrogens (primary N) is 1. The molecule has 3 heteroatoms. The second-order valence-corrected chi connectivity index (χ2v) is 5.38. The lowest BCUT2D eigenvalue weighted by Crippen LogP contribution is -2.16. The number of hydrogen-bond donors (Lipinski definition) is 1. The van der Waals surface area contributed by atoms with Crippen LogP contribution in [0.5, 0.6) is 0 Å². The maximum atomic E-state index is 5.80. The van der Waals surface area contributed by atoms with Crippen molar-refractivity contribution in [1.29, 1.82) is 0 Å². The first-order chi connectivity index (χ1) is 9.58. The van der Waals surface area contributed by atoms with E-state index in [1.807, 2.05) is 19.9 Å². The van der Waals surface area contributed by atoms with Gasteiger partial charge in [0.15, 0.2) is 0 Å². The van der Waals surface area contributed by atoms with E-state index in [4.69, 9.17) is 5.73 Å². The largest absolute Gasteiger partial charge is 0.328 e. The van der Waals surface area contributed by atoms with Crippen molar-refractivity contribution in [3.05, 3.63) is 47.4 Å². The summed E-state index contributed by atoms with van der Waals surface area (Å²) in [6.07, 6.45) is 2.81. The summed E-state index contributed by atoms with van der Waals surface area (Å²) in [6, 6.07) is 10.8. The highest BCUT2D eigenvalue weighted by molar-refractivity contribution is 5.59. The minimum Gasteiger partial charge on any atom is -0.328 e. The molecule has 0 aliphatic carbocycles. The van der Waals surface area contributed by atoms with E-state index in [-0.39, 0.29) is 6.04 Å². The number of nitrogens with zero attached hydrogens (tertiary/aromatic N) is 2. The van der Waals surface area contributed by atoms with Gasteiger partial charge in [0.2, 0.25) is 0 Å². The SMILES string of the molecule is CCc1ccc(-c2cc(C)nc(CCC(C)N)n2)cc1. The molecule has 2 aromatic rings. The van der Waals surface area contributed by atoms with E-state index >= 15 is 0 Å². The molecule has 0 aliphatic rings. The first-order valence-corrected chi connectivity index (χ1v) is 7.28. The van der Waals surface area contributed by atoms with Crippen LogP contribution in [-0.2, 0) is 12.8 Å². The predicted molar refractivity (Wildman–Crippen MR) is 83.6 cm³/mol. The van der Waals surface area contributed by atoms with Gasteiger partial charge in [0.25, 0.3) is 0 Å². The fourth-order valence-corrected chi connectivity index (χ4v) is 2.16. The van der Waals surface area contributed by atoms with Crippen LogP contribution in [0.4, 0.5) is 0 Å². The van der Waals surface area contributed by atoms with Crippen molar-refractivity contribution in [3.8, 4) is 11.3 Å². The van der Waals surface area contributed by atoms with Crippen molar-refractivity contribution in [1.82, 2.24) is 9.97 Å². The Morgan fingerprint density at radius 1 is 1.15 bits per heavy atom. The Labute approximate surface area is 121 Å². The molecule has 106 valence electrons. The molecule has 1 aromatic carbocycles. The van der Waals surface area contributed by atoms with Crippen LogP contribution in [0.2, 0.25) is 0 Å². The fourth-order valence-electron chi connectivity index (χ4n) is 2.16. The molecule has 0 saturated carbocycles. The van der Waals surface area contributed by atoms with E-state index in [0.29, 0.717) is 0 Å². The van der Waals surface area contributed by atoms with Crippen LogP contribution in [0.3, 0.4) is 0 Å². The summed E-state index contributed by atoms with van der Waals surface area (Å²) >= 11 is 0. The van der Waals surface area contributed by atoms with E-state index in [9.17, 15) is 0 Å². The summed E-state index contributed by atoms with van der Waals surface area (Å²) in [6.45, 7) is 6.19. The van der Waals surface area contributed by atoms with E-state index in [1.165, 1.54) is 5.56 Å². The van der Waals surface area contributed by atoms with Gasteiger partial charge >= 0.3 is 0 Å². The Hall–Kier alpha value is -1.74. The molecule has 0 aliphatic heterocycles. The van der Waals surface area contributed by atoms with Crippen LogP contribution in [0, 0.1) is 6.92 Å². The average Bonchev–Trinajstić information content (AvgIpc) is 2.44. The van der Waals surface area contributed by atoms with E-state index in [1.54, 1.807) is 0 Å². The molecule has 0 spiro atoms. The highest BCUT2D eigenvalue weighted by Crippen LogP contribution is 2.19. The molecule has 1 unspecified atom stereocenters. The van der Waals surface area contributed by atoms with Gasteiger partial charge in [-0.15, -0.1) is 0 Å². The third-order valence-electron chi connectivity index (χ3n) is 3.38. The molecule has 1 aromatic heterocycles. The Bertz CT molecular complexity index is 559. The Morgan fingerprint density at radius 2 is 1.85 bits per heavy atom. The highest BCUT2D eigenvalue weighted by Gasteiger charge is 2.06. The third kappa shape index (κ3) is 3.87. The molecule has 0 bridgehead atoms. The minimum absolute atomic E-state index is 0.186. The summed E-state index contributed by atoms with van der Waals surface area (Å²) in [5, 5.41) is 0. The molecule has 0 radical (unpaired) electrons. The smallest absolute Gasteiger partial charge is 0.129 e. The van der Waals surface area contributed by atoms with Crippen molar-refractivity contribution in [2.24, 2.45) is 5.73 Å². The number of aromatic nitrogens is 2. The highest BCUT2D eigenvalue weighted by atomic mass is 14.9. The summed E-state index contributed by atoms with van der Waals surface area (Å²) < 4.78 is 0. The zero-order valence-electron chi connectivity index (χ0n) is 12.6. The van der Waals surface area contributed by atoms with E-state index in [0.717, 1.165) is 42.0 Å². The first-order valence-electron chi connectivity index (χ1n) is 7.28. The number of rotatable bonds is 5. The summed E-state index contributed by atoms with van der Waals surface area (Å²) in [5.41, 5.74) is 10.3. The topological polar surface area (TPSA) is 51.8 Å². The molecule has 1 heterocycles. The van der Waals surface area contributed by atoms with Gasteiger partial charge in [0.1, 0.15) is 5.82 Å². The van der Waals surface area contributed by atoms with Gasteiger partial charge < -0.3 is 5.73 Å². The van der Waals surface area contributed by atoms with Crippen molar-refractivity contribution in [2.75, 3.05) is 0 Å². The maximum absolute atomic E-state index is 5.80. The lowest BCUT2D eigenvalue weighted by Gasteiger charge is -2.08. The Morgan fingerprint density at radius 3 is 2.45 bits per heavy atom. The monoisotopic (exact) mass is 269 g/mol. The Kier molecular flexibility index (Phi) is 4.85. The van der Waals surface area contributed by atoms with Crippen LogP contribution in [0.15, 0.2) is 30.3 Å².